The van der Waals surface area contributed by atoms with Crippen molar-refractivity contribution in [3.63, 3.8) is 0 Å². The highest BCUT2D eigenvalue weighted by atomic mass is 35.5. The molecule has 0 aliphatic carbocycles. The van der Waals surface area contributed by atoms with Crippen LogP contribution in [0.2, 0.25) is 20.1 Å². The van der Waals surface area contributed by atoms with Gasteiger partial charge in [-0.2, -0.15) is 0 Å². The average Bonchev–Trinajstić information content (AvgIpc) is 3.13. The van der Waals surface area contributed by atoms with Crippen LogP contribution in [0, 0.1) is 0 Å². The summed E-state index contributed by atoms with van der Waals surface area (Å²) < 4.78 is 8.13. The molecular formula is C20H18Cl4N2O. The Morgan fingerprint density at radius 2 is 1.81 bits per heavy atom. The van der Waals surface area contributed by atoms with Gasteiger partial charge in [-0.25, -0.2) is 4.98 Å². The van der Waals surface area contributed by atoms with E-state index < -0.39 is 0 Å². The van der Waals surface area contributed by atoms with E-state index in [4.69, 9.17) is 51.1 Å². The second kappa shape index (κ2) is 9.20. The summed E-state index contributed by atoms with van der Waals surface area (Å²) in [6.45, 7) is 2.41. The summed E-state index contributed by atoms with van der Waals surface area (Å²) in [4.78, 5) is 4.16. The number of aromatic nitrogens is 2. The van der Waals surface area contributed by atoms with Crippen molar-refractivity contribution in [2.24, 2.45) is 0 Å². The topological polar surface area (TPSA) is 27.1 Å². The summed E-state index contributed by atoms with van der Waals surface area (Å²) in [5, 5.41) is 2.21. The Labute approximate surface area is 178 Å². The summed E-state index contributed by atoms with van der Waals surface area (Å²) in [6.07, 6.45) is 7.32. The maximum atomic E-state index is 6.57. The molecule has 1 aromatic heterocycles. The minimum Gasteiger partial charge on any atom is -0.488 e. The van der Waals surface area contributed by atoms with Crippen LogP contribution in [0.3, 0.4) is 0 Å². The molecule has 0 amide bonds. The molecule has 3 nitrogen and oxygen atoms in total. The first-order valence-corrected chi connectivity index (χ1v) is 10.0. The van der Waals surface area contributed by atoms with Crippen LogP contribution in [-0.2, 0) is 6.61 Å². The minimum atomic E-state index is -0.00189. The van der Waals surface area contributed by atoms with Gasteiger partial charge >= 0.3 is 0 Å². The van der Waals surface area contributed by atoms with E-state index in [1.807, 2.05) is 16.8 Å². The fourth-order valence-electron chi connectivity index (χ4n) is 2.97. The van der Waals surface area contributed by atoms with E-state index in [-0.39, 0.29) is 12.6 Å². The van der Waals surface area contributed by atoms with Crippen molar-refractivity contribution in [1.29, 1.82) is 0 Å². The molecule has 0 spiro atoms. The van der Waals surface area contributed by atoms with Gasteiger partial charge in [0, 0.05) is 38.6 Å². The number of hydrogen-bond donors (Lipinski definition) is 0. The van der Waals surface area contributed by atoms with E-state index >= 15 is 0 Å². The molecule has 3 aromatic rings. The number of nitrogens with zero attached hydrogens (tertiary/aromatic N) is 2. The summed E-state index contributed by atoms with van der Waals surface area (Å²) in [7, 11) is 0. The van der Waals surface area contributed by atoms with Gasteiger partial charge in [-0.3, -0.25) is 0 Å². The van der Waals surface area contributed by atoms with Gasteiger partial charge in [-0.15, -0.1) is 0 Å². The fraction of sp³-hybridized carbons (Fsp3) is 0.250. The van der Waals surface area contributed by atoms with Gasteiger partial charge in [0.15, 0.2) is 0 Å². The summed E-state index contributed by atoms with van der Waals surface area (Å²) in [5.41, 5.74) is 1.71. The average molecular weight is 444 g/mol. The van der Waals surface area contributed by atoms with Gasteiger partial charge in [0.25, 0.3) is 0 Å². The van der Waals surface area contributed by atoms with Gasteiger partial charge in [0.2, 0.25) is 0 Å². The maximum absolute atomic E-state index is 6.57. The van der Waals surface area contributed by atoms with Gasteiger partial charge in [-0.1, -0.05) is 65.8 Å². The van der Waals surface area contributed by atoms with Crippen molar-refractivity contribution in [2.75, 3.05) is 0 Å². The molecule has 1 unspecified atom stereocenters. The van der Waals surface area contributed by atoms with E-state index in [0.29, 0.717) is 25.8 Å². The lowest BCUT2D eigenvalue weighted by Crippen LogP contribution is -2.12. The van der Waals surface area contributed by atoms with Crippen LogP contribution in [-0.4, -0.2) is 9.55 Å². The second-order valence-corrected chi connectivity index (χ2v) is 7.83. The smallest absolute Gasteiger partial charge is 0.128 e. The van der Waals surface area contributed by atoms with E-state index in [1.165, 1.54) is 0 Å². The molecule has 7 heteroatoms. The number of hydrogen-bond acceptors (Lipinski definition) is 2. The maximum Gasteiger partial charge on any atom is 0.128 e. The van der Waals surface area contributed by atoms with Crippen LogP contribution < -0.4 is 4.74 Å². The third kappa shape index (κ3) is 4.91. The fourth-order valence-corrected chi connectivity index (χ4v) is 4.03. The molecule has 3 rings (SSSR count). The lowest BCUT2D eigenvalue weighted by molar-refractivity contribution is 0.298. The Balaban J connectivity index is 1.96. The molecule has 0 saturated heterocycles. The highest BCUT2D eigenvalue weighted by Gasteiger charge is 2.22. The summed E-state index contributed by atoms with van der Waals surface area (Å²) in [6, 6.07) is 8.84. The Kier molecular flexibility index (Phi) is 6.93. The standard InChI is InChI=1S/C20H18Cl4N2O/c1-2-3-18(26-7-6-25-12-26)20-17(24)9-15(22)10-19(20)27-11-13-4-5-14(21)8-16(13)23/h4-10,12,18H,2-3,11H2,1H3. The van der Waals surface area contributed by atoms with Crippen LogP contribution in [0.15, 0.2) is 49.1 Å². The number of imidazole rings is 1. The number of benzene rings is 2. The Morgan fingerprint density at radius 1 is 1.04 bits per heavy atom. The molecule has 0 saturated carbocycles. The SMILES string of the molecule is CCCC(c1c(Cl)cc(Cl)cc1OCc1ccc(Cl)cc1Cl)n1ccnc1. The van der Waals surface area contributed by atoms with Crippen molar-refractivity contribution >= 4 is 46.4 Å². The molecule has 0 fully saturated rings. The number of halogens is 4. The predicted molar refractivity (Wildman–Crippen MR) is 113 cm³/mol. The molecule has 1 atom stereocenters. The Morgan fingerprint density at radius 3 is 2.48 bits per heavy atom. The number of rotatable bonds is 7. The van der Waals surface area contributed by atoms with Crippen molar-refractivity contribution in [3.05, 3.63) is 80.3 Å². The van der Waals surface area contributed by atoms with E-state index in [9.17, 15) is 0 Å². The zero-order valence-corrected chi connectivity index (χ0v) is 17.7. The largest absolute Gasteiger partial charge is 0.488 e. The van der Waals surface area contributed by atoms with Gasteiger partial charge in [0.05, 0.1) is 17.4 Å². The van der Waals surface area contributed by atoms with Crippen molar-refractivity contribution in [2.45, 2.75) is 32.4 Å². The highest BCUT2D eigenvalue weighted by molar-refractivity contribution is 6.35. The normalized spacial score (nSPS) is 12.2. The van der Waals surface area contributed by atoms with Gasteiger partial charge in [-0.05, 0) is 30.7 Å². The first-order chi connectivity index (χ1) is 13.0. The molecule has 1 heterocycles. The zero-order valence-electron chi connectivity index (χ0n) is 14.6. The Hall–Kier alpha value is -1.39. The van der Waals surface area contributed by atoms with E-state index in [2.05, 4.69) is 11.9 Å². The number of ether oxygens (including phenoxy) is 1. The first kappa shape index (κ1) is 20.3. The summed E-state index contributed by atoms with van der Waals surface area (Å²) in [5.74, 6) is 0.630. The molecule has 2 aromatic carbocycles. The predicted octanol–water partition coefficient (Wildman–Crippen LogP) is 7.47. The van der Waals surface area contributed by atoms with Crippen LogP contribution in [0.5, 0.6) is 5.75 Å². The molecule has 0 N–H and O–H groups in total. The monoisotopic (exact) mass is 442 g/mol. The molecule has 0 bridgehead atoms. The lowest BCUT2D eigenvalue weighted by atomic mass is 10.0. The third-order valence-corrected chi connectivity index (χ3v) is 5.35. The quantitative estimate of drug-likeness (QED) is 0.378. The third-order valence-electron chi connectivity index (χ3n) is 4.23. The molecule has 0 radical (unpaired) electrons. The van der Waals surface area contributed by atoms with Gasteiger partial charge < -0.3 is 9.30 Å². The Bertz CT molecular complexity index is 913. The minimum absolute atomic E-state index is 0.00189. The van der Waals surface area contributed by atoms with Gasteiger partial charge in [0.1, 0.15) is 12.4 Å². The molecule has 0 aliphatic heterocycles. The van der Waals surface area contributed by atoms with Crippen molar-refractivity contribution < 1.29 is 4.74 Å². The molecular weight excluding hydrogens is 426 g/mol. The second-order valence-electron chi connectivity index (χ2n) is 6.14. The van der Waals surface area contributed by atoms with E-state index in [1.54, 1.807) is 36.8 Å². The van der Waals surface area contributed by atoms with Crippen LogP contribution in [0.4, 0.5) is 0 Å². The van der Waals surface area contributed by atoms with Crippen LogP contribution in [0.25, 0.3) is 0 Å². The molecule has 142 valence electrons. The van der Waals surface area contributed by atoms with Crippen LogP contribution in [0.1, 0.15) is 36.9 Å². The molecule has 27 heavy (non-hydrogen) atoms. The van der Waals surface area contributed by atoms with Crippen molar-refractivity contribution in [3.8, 4) is 5.75 Å². The first-order valence-electron chi connectivity index (χ1n) is 8.52. The molecule has 0 aliphatic rings. The van der Waals surface area contributed by atoms with Crippen molar-refractivity contribution in [1.82, 2.24) is 9.55 Å². The summed E-state index contributed by atoms with van der Waals surface area (Å²) >= 11 is 25.0. The lowest BCUT2D eigenvalue weighted by Gasteiger charge is -2.23. The van der Waals surface area contributed by atoms with E-state index in [0.717, 1.165) is 24.0 Å². The highest BCUT2D eigenvalue weighted by Crippen LogP contribution is 2.39. The van der Waals surface area contributed by atoms with Crippen LogP contribution >= 0.6 is 46.4 Å². The zero-order chi connectivity index (χ0) is 19.4.